The van der Waals surface area contributed by atoms with Gasteiger partial charge in [0.2, 0.25) is 0 Å². The Labute approximate surface area is 57.2 Å². The summed E-state index contributed by atoms with van der Waals surface area (Å²) in [6, 6.07) is 0. The van der Waals surface area contributed by atoms with Gasteiger partial charge in [0.05, 0.1) is 10.7 Å². The van der Waals surface area contributed by atoms with Crippen LogP contribution < -0.4 is 10.6 Å². The van der Waals surface area contributed by atoms with Gasteiger partial charge in [0.1, 0.15) is 0 Å². The molecule has 4 heteroatoms. The second-order valence-corrected chi connectivity index (χ2v) is 4.43. The van der Waals surface area contributed by atoms with Crippen LogP contribution in [-0.2, 0) is 0 Å². The highest BCUT2D eigenvalue weighted by molar-refractivity contribution is 8.17. The summed E-state index contributed by atoms with van der Waals surface area (Å²) in [4.78, 5) is 0. The minimum Gasteiger partial charge on any atom is -0.291 e. The van der Waals surface area contributed by atoms with E-state index in [0.717, 1.165) is 16.3 Å². The molecule has 0 atom stereocenters. The highest BCUT2D eigenvalue weighted by atomic mass is 32.2. The molecule has 0 unspecified atom stereocenters. The molecule has 0 spiro atoms. The number of hydrogen-bond donors (Lipinski definition) is 2. The van der Waals surface area contributed by atoms with E-state index in [1.807, 2.05) is 23.5 Å². The van der Waals surface area contributed by atoms with Gasteiger partial charge in [-0.2, -0.15) is 0 Å². The van der Waals surface area contributed by atoms with E-state index in [2.05, 4.69) is 10.6 Å². The zero-order chi connectivity index (χ0) is 5.40. The van der Waals surface area contributed by atoms with Crippen LogP contribution >= 0.6 is 23.5 Å². The Morgan fingerprint density at radius 3 is 2.25 bits per heavy atom. The third-order valence-corrected chi connectivity index (χ3v) is 4.06. The highest BCUT2D eigenvalue weighted by Crippen LogP contribution is 2.33. The first-order valence-corrected chi connectivity index (χ1v) is 4.76. The number of rotatable bonds is 0. The van der Waals surface area contributed by atoms with Crippen molar-refractivity contribution in [3.63, 3.8) is 0 Å². The first-order valence-electron chi connectivity index (χ1n) is 2.67. The summed E-state index contributed by atoms with van der Waals surface area (Å²) in [7, 11) is 0. The fourth-order valence-corrected chi connectivity index (χ4v) is 3.39. The summed E-state index contributed by atoms with van der Waals surface area (Å²) in [6.07, 6.45) is 0.602. The smallest absolute Gasteiger partial charge is 0.0812 e. The lowest BCUT2D eigenvalue weighted by atomic mass is 10.6. The molecule has 0 amide bonds. The molecule has 0 saturated carbocycles. The Hall–Kier alpha value is 0.620. The van der Waals surface area contributed by atoms with Crippen molar-refractivity contribution >= 4 is 23.5 Å². The predicted molar refractivity (Wildman–Crippen MR) is 38.8 cm³/mol. The molecule has 2 heterocycles. The normalized spacial score (nSPS) is 45.0. The van der Waals surface area contributed by atoms with E-state index in [-0.39, 0.29) is 0 Å². The van der Waals surface area contributed by atoms with Crippen LogP contribution in [0.4, 0.5) is 0 Å². The van der Waals surface area contributed by atoms with Crippen molar-refractivity contribution in [1.29, 1.82) is 0 Å². The fraction of sp³-hybridized carbons (Fsp3) is 1.00. The molecule has 0 aromatic heterocycles. The van der Waals surface area contributed by atoms with Gasteiger partial charge in [-0.1, -0.05) is 0 Å². The van der Waals surface area contributed by atoms with Gasteiger partial charge in [0, 0.05) is 11.8 Å². The Morgan fingerprint density at radius 2 is 1.75 bits per heavy atom. The number of nitrogens with one attached hydrogen (secondary N) is 2. The van der Waals surface area contributed by atoms with E-state index < -0.39 is 0 Å². The van der Waals surface area contributed by atoms with Gasteiger partial charge < -0.3 is 0 Å². The van der Waals surface area contributed by atoms with E-state index in [1.54, 1.807) is 0 Å². The topological polar surface area (TPSA) is 24.1 Å². The van der Waals surface area contributed by atoms with Gasteiger partial charge in [-0.25, -0.2) is 0 Å². The molecule has 0 aromatic carbocycles. The molecule has 2 aliphatic heterocycles. The van der Waals surface area contributed by atoms with Crippen LogP contribution in [0.5, 0.6) is 0 Å². The molecule has 0 bridgehead atoms. The van der Waals surface area contributed by atoms with Crippen LogP contribution in [0.15, 0.2) is 0 Å². The van der Waals surface area contributed by atoms with Crippen molar-refractivity contribution in [2.24, 2.45) is 0 Å². The monoisotopic (exact) mass is 148 g/mol. The Kier molecular flexibility index (Phi) is 1.42. The molecular weight excluding hydrogens is 140 g/mol. The lowest BCUT2D eigenvalue weighted by molar-refractivity contribution is 0.554. The first kappa shape index (κ1) is 5.41. The van der Waals surface area contributed by atoms with E-state index in [9.17, 15) is 0 Å². The molecule has 0 radical (unpaired) electrons. The molecule has 2 fully saturated rings. The van der Waals surface area contributed by atoms with Crippen molar-refractivity contribution in [2.75, 3.05) is 11.8 Å². The second-order valence-electron chi connectivity index (χ2n) is 1.88. The summed E-state index contributed by atoms with van der Waals surface area (Å²) in [5, 5.41) is 6.70. The maximum absolute atomic E-state index is 3.35. The average molecular weight is 148 g/mol. The molecule has 2 saturated heterocycles. The zero-order valence-electron chi connectivity index (χ0n) is 4.39. The minimum atomic E-state index is 0.602. The largest absolute Gasteiger partial charge is 0.291 e. The molecule has 8 heavy (non-hydrogen) atoms. The lowest BCUT2D eigenvalue weighted by Crippen LogP contribution is -2.36. The Bertz CT molecular complexity index is 78.0. The van der Waals surface area contributed by atoms with Gasteiger partial charge in [0.25, 0.3) is 0 Å². The maximum Gasteiger partial charge on any atom is 0.0812 e. The predicted octanol–water partition coefficient (Wildman–Crippen LogP) is 0.226. The quantitative estimate of drug-likeness (QED) is 0.513. The average Bonchev–Trinajstić information content (AvgIpc) is 2.15. The molecule has 2 nitrogen and oxygen atoms in total. The van der Waals surface area contributed by atoms with Crippen LogP contribution in [0.25, 0.3) is 0 Å². The summed E-state index contributed by atoms with van der Waals surface area (Å²) in [6.45, 7) is 0. The molecule has 0 aliphatic carbocycles. The molecule has 2 N–H and O–H groups in total. The SMILES string of the molecule is C1NC2NCSC2S1. The maximum atomic E-state index is 3.35. The van der Waals surface area contributed by atoms with Crippen LogP contribution in [0, 0.1) is 0 Å². The van der Waals surface area contributed by atoms with Gasteiger partial charge in [-0.05, 0) is 0 Å². The van der Waals surface area contributed by atoms with Crippen molar-refractivity contribution < 1.29 is 0 Å². The fourth-order valence-electron chi connectivity index (χ4n) is 0.945. The summed E-state index contributed by atoms with van der Waals surface area (Å²) in [5.74, 6) is 2.24. The van der Waals surface area contributed by atoms with Crippen LogP contribution in [0.2, 0.25) is 0 Å². The standard InChI is InChI=1S/C4H8N2S2/c1-5-3-4(7-1)8-2-6-3/h3-6H,1-2H2. The van der Waals surface area contributed by atoms with Gasteiger partial charge in [0.15, 0.2) is 0 Å². The third-order valence-electron chi connectivity index (χ3n) is 1.37. The molecule has 46 valence electrons. The van der Waals surface area contributed by atoms with Crippen LogP contribution in [-0.4, -0.2) is 22.5 Å². The summed E-state index contributed by atoms with van der Waals surface area (Å²) >= 11 is 4.00. The van der Waals surface area contributed by atoms with Crippen molar-refractivity contribution in [1.82, 2.24) is 10.6 Å². The van der Waals surface area contributed by atoms with Gasteiger partial charge in [-0.3, -0.25) is 10.6 Å². The summed E-state index contributed by atoms with van der Waals surface area (Å²) < 4.78 is 0.787. The first-order chi connectivity index (χ1) is 3.97. The zero-order valence-corrected chi connectivity index (χ0v) is 6.02. The molecule has 2 rings (SSSR count). The van der Waals surface area contributed by atoms with E-state index in [1.165, 1.54) is 0 Å². The number of thioether (sulfide) groups is 2. The lowest BCUT2D eigenvalue weighted by Gasteiger charge is -2.03. The van der Waals surface area contributed by atoms with E-state index in [4.69, 9.17) is 0 Å². The van der Waals surface area contributed by atoms with Crippen molar-refractivity contribution in [3.8, 4) is 0 Å². The van der Waals surface area contributed by atoms with E-state index in [0.29, 0.717) is 6.17 Å². The number of hydrogen-bond acceptors (Lipinski definition) is 4. The molecule has 0 aromatic rings. The van der Waals surface area contributed by atoms with Crippen LogP contribution in [0.1, 0.15) is 0 Å². The third kappa shape index (κ3) is 0.757. The second kappa shape index (κ2) is 2.10. The molecule has 2 aliphatic rings. The summed E-state index contributed by atoms with van der Waals surface area (Å²) in [5.41, 5.74) is 0. The Morgan fingerprint density at radius 1 is 1.12 bits per heavy atom. The van der Waals surface area contributed by atoms with E-state index >= 15 is 0 Å². The van der Waals surface area contributed by atoms with Crippen LogP contribution in [0.3, 0.4) is 0 Å². The van der Waals surface area contributed by atoms with Crippen molar-refractivity contribution in [2.45, 2.75) is 10.7 Å². The highest BCUT2D eigenvalue weighted by Gasteiger charge is 2.31. The Balaban J connectivity index is 2.04. The minimum absolute atomic E-state index is 0.602. The van der Waals surface area contributed by atoms with Crippen molar-refractivity contribution in [3.05, 3.63) is 0 Å². The molecular formula is C4H8N2S2. The van der Waals surface area contributed by atoms with Gasteiger partial charge >= 0.3 is 0 Å². The van der Waals surface area contributed by atoms with Gasteiger partial charge in [-0.15, -0.1) is 23.5 Å². The number of fused-ring (bicyclic) bond motifs is 1.